The minimum absolute atomic E-state index is 0. The number of halogens is 2. The molecule has 0 radical (unpaired) electrons. The van der Waals surface area contributed by atoms with Crippen molar-refractivity contribution in [2.75, 3.05) is 0 Å². The average molecular weight is 229 g/mol. The van der Waals surface area contributed by atoms with Crippen LogP contribution in [-0.2, 0) is 0 Å². The van der Waals surface area contributed by atoms with Gasteiger partial charge >= 0.3 is 29.6 Å². The van der Waals surface area contributed by atoms with E-state index in [2.05, 4.69) is 0 Å². The van der Waals surface area contributed by atoms with Crippen molar-refractivity contribution in [3.8, 4) is 5.75 Å². The molecule has 1 aromatic carbocycles. The quantitative estimate of drug-likeness (QED) is 0.570. The summed E-state index contributed by atoms with van der Waals surface area (Å²) >= 11 is 10.9. The molecule has 0 atom stereocenters. The van der Waals surface area contributed by atoms with Crippen LogP contribution in [-0.4, -0.2) is 11.1 Å². The number of benzene rings is 1. The minimum Gasteiger partial charge on any atom is -0.545 e. The molecule has 0 heterocycles. The average Bonchev–Trinajstić information content (AvgIpc) is 1.96. The first-order valence-corrected chi connectivity index (χ1v) is 3.67. The van der Waals surface area contributed by atoms with Crippen molar-refractivity contribution in [2.45, 2.75) is 0 Å². The van der Waals surface area contributed by atoms with Crippen LogP contribution in [0.2, 0.25) is 10.0 Å². The second-order valence-electron chi connectivity index (χ2n) is 2.07. The first-order chi connectivity index (χ1) is 5.52. The van der Waals surface area contributed by atoms with Crippen LogP contribution in [0.25, 0.3) is 0 Å². The minimum atomic E-state index is -1.52. The van der Waals surface area contributed by atoms with Gasteiger partial charge in [0.05, 0.1) is 11.0 Å². The van der Waals surface area contributed by atoms with Crippen LogP contribution in [0.1, 0.15) is 10.4 Å². The van der Waals surface area contributed by atoms with Crippen LogP contribution in [0.3, 0.4) is 0 Å². The molecule has 0 aliphatic rings. The number of carboxylic acid groups (broad SMARTS) is 1. The Hall–Kier alpha value is 0.0700. The molecule has 0 fully saturated rings. The zero-order chi connectivity index (χ0) is 9.30. The number of aromatic carboxylic acids is 1. The van der Waals surface area contributed by atoms with Crippen molar-refractivity contribution in [2.24, 2.45) is 0 Å². The topological polar surface area (TPSA) is 60.4 Å². The van der Waals surface area contributed by atoms with Gasteiger partial charge in [0.15, 0.2) is 0 Å². The van der Waals surface area contributed by atoms with Crippen LogP contribution in [0.4, 0.5) is 0 Å². The number of carbonyl (C=O) groups is 1. The zero-order valence-corrected chi connectivity index (χ0v) is 10.2. The fourth-order valence-corrected chi connectivity index (χ4v) is 1.21. The van der Waals surface area contributed by atoms with Crippen molar-refractivity contribution in [3.63, 3.8) is 0 Å². The molecule has 0 aromatic heterocycles. The van der Waals surface area contributed by atoms with E-state index in [1.165, 1.54) is 6.07 Å². The molecular formula is C7H3Cl2NaO3. The molecule has 1 rings (SSSR count). The predicted molar refractivity (Wildman–Crippen MR) is 42.5 cm³/mol. The Kier molecular flexibility index (Phi) is 5.10. The SMILES string of the molecule is O=C([O-])c1cc(Cl)cc(Cl)c1O.[Na+]. The number of phenols is 1. The van der Waals surface area contributed by atoms with Crippen LogP contribution >= 0.6 is 23.2 Å². The zero-order valence-electron chi connectivity index (χ0n) is 6.67. The van der Waals surface area contributed by atoms with Gasteiger partial charge in [0.2, 0.25) is 0 Å². The second kappa shape index (κ2) is 5.08. The summed E-state index contributed by atoms with van der Waals surface area (Å²) in [6.45, 7) is 0. The van der Waals surface area contributed by atoms with Gasteiger partial charge in [-0.1, -0.05) is 23.2 Å². The van der Waals surface area contributed by atoms with E-state index in [4.69, 9.17) is 28.3 Å². The van der Waals surface area contributed by atoms with Crippen molar-refractivity contribution >= 4 is 29.2 Å². The maximum Gasteiger partial charge on any atom is 1.00 e. The van der Waals surface area contributed by atoms with Gasteiger partial charge in [0.1, 0.15) is 5.75 Å². The molecular weight excluding hydrogens is 226 g/mol. The molecule has 0 amide bonds. The van der Waals surface area contributed by atoms with Crippen LogP contribution in [0.15, 0.2) is 12.1 Å². The van der Waals surface area contributed by atoms with Gasteiger partial charge in [0.25, 0.3) is 0 Å². The predicted octanol–water partition coefficient (Wildman–Crippen LogP) is -1.93. The van der Waals surface area contributed by atoms with Crippen LogP contribution in [0.5, 0.6) is 5.75 Å². The Morgan fingerprint density at radius 2 is 1.92 bits per heavy atom. The molecule has 0 spiro atoms. The van der Waals surface area contributed by atoms with E-state index in [1.807, 2.05) is 0 Å². The molecule has 0 saturated carbocycles. The van der Waals surface area contributed by atoms with E-state index in [-0.39, 0.29) is 39.6 Å². The van der Waals surface area contributed by atoms with Crippen molar-refractivity contribution in [1.29, 1.82) is 0 Å². The molecule has 0 aliphatic heterocycles. The van der Waals surface area contributed by atoms with E-state index < -0.39 is 17.3 Å². The summed E-state index contributed by atoms with van der Waals surface area (Å²) < 4.78 is 0. The number of carboxylic acids is 1. The van der Waals surface area contributed by atoms with Gasteiger partial charge in [-0.25, -0.2) is 0 Å². The maximum absolute atomic E-state index is 10.3. The Balaban J connectivity index is 0.00000144. The molecule has 0 bridgehead atoms. The smallest absolute Gasteiger partial charge is 0.545 e. The van der Waals surface area contributed by atoms with E-state index in [9.17, 15) is 9.90 Å². The van der Waals surface area contributed by atoms with Crippen LogP contribution < -0.4 is 34.7 Å². The monoisotopic (exact) mass is 228 g/mol. The Bertz CT molecular complexity index is 341. The largest absolute Gasteiger partial charge is 1.00 e. The molecule has 0 unspecified atom stereocenters. The van der Waals surface area contributed by atoms with Crippen molar-refractivity contribution < 1.29 is 44.6 Å². The fourth-order valence-electron chi connectivity index (χ4n) is 0.722. The Morgan fingerprint density at radius 1 is 1.38 bits per heavy atom. The van der Waals surface area contributed by atoms with E-state index in [0.29, 0.717) is 0 Å². The third-order valence-electron chi connectivity index (χ3n) is 1.25. The molecule has 1 aromatic rings. The molecule has 1 N–H and O–H groups in total. The van der Waals surface area contributed by atoms with E-state index in [1.54, 1.807) is 0 Å². The van der Waals surface area contributed by atoms with Gasteiger partial charge in [-0.3, -0.25) is 0 Å². The first-order valence-electron chi connectivity index (χ1n) is 2.91. The molecule has 0 aliphatic carbocycles. The fraction of sp³-hybridized carbons (Fsp3) is 0. The van der Waals surface area contributed by atoms with Gasteiger partial charge in [-0.15, -0.1) is 0 Å². The van der Waals surface area contributed by atoms with Gasteiger partial charge < -0.3 is 15.0 Å². The number of rotatable bonds is 1. The van der Waals surface area contributed by atoms with E-state index in [0.717, 1.165) is 6.07 Å². The normalized spacial score (nSPS) is 9.08. The molecule has 3 nitrogen and oxygen atoms in total. The number of hydrogen-bond acceptors (Lipinski definition) is 3. The summed E-state index contributed by atoms with van der Waals surface area (Å²) in [5, 5.41) is 19.4. The summed E-state index contributed by atoms with van der Waals surface area (Å²) in [4.78, 5) is 10.3. The maximum atomic E-state index is 10.3. The Labute approximate surface area is 107 Å². The van der Waals surface area contributed by atoms with E-state index >= 15 is 0 Å². The third-order valence-corrected chi connectivity index (χ3v) is 1.75. The number of carbonyl (C=O) groups excluding carboxylic acids is 1. The van der Waals surface area contributed by atoms with Gasteiger partial charge in [-0.05, 0) is 12.1 Å². The number of hydrogen-bond donors (Lipinski definition) is 1. The van der Waals surface area contributed by atoms with Gasteiger partial charge in [-0.2, -0.15) is 0 Å². The summed E-state index contributed by atoms with van der Waals surface area (Å²) in [5.41, 5.74) is -0.410. The molecule has 13 heavy (non-hydrogen) atoms. The Morgan fingerprint density at radius 3 is 2.38 bits per heavy atom. The molecule has 64 valence electrons. The summed E-state index contributed by atoms with van der Waals surface area (Å²) in [6.07, 6.45) is 0. The third kappa shape index (κ3) is 3.04. The molecule has 0 saturated heterocycles. The summed E-state index contributed by atoms with van der Waals surface area (Å²) in [5.74, 6) is -2.04. The van der Waals surface area contributed by atoms with Crippen molar-refractivity contribution in [1.82, 2.24) is 0 Å². The van der Waals surface area contributed by atoms with Crippen LogP contribution in [0, 0.1) is 0 Å². The van der Waals surface area contributed by atoms with Gasteiger partial charge in [0, 0.05) is 10.6 Å². The second-order valence-corrected chi connectivity index (χ2v) is 2.91. The summed E-state index contributed by atoms with van der Waals surface area (Å²) in [6, 6.07) is 2.31. The first kappa shape index (κ1) is 13.1. The standard InChI is InChI=1S/C7H4Cl2O3.Na/c8-3-1-4(7(11)12)6(10)5(9)2-3;/h1-2,10H,(H,11,12);/q;+1/p-1. The summed E-state index contributed by atoms with van der Waals surface area (Å²) in [7, 11) is 0. The number of aromatic hydroxyl groups is 1. The molecule has 6 heteroatoms. The van der Waals surface area contributed by atoms with Crippen molar-refractivity contribution in [3.05, 3.63) is 27.7 Å².